The minimum Gasteiger partial charge on any atom is -0.478 e. The fraction of sp³-hybridized carbons (Fsp3) is 0.357. The van der Waals surface area contributed by atoms with Crippen LogP contribution in [0.2, 0.25) is 0 Å². The van der Waals surface area contributed by atoms with Gasteiger partial charge in [0.2, 0.25) is 11.8 Å². The number of carbonyl (C=O) groups excluding carboxylic acids is 2. The van der Waals surface area contributed by atoms with E-state index in [2.05, 4.69) is 0 Å². The van der Waals surface area contributed by atoms with Crippen LogP contribution in [0.5, 0.6) is 0 Å². The van der Waals surface area contributed by atoms with Gasteiger partial charge in [-0.25, -0.2) is 18.5 Å². The Morgan fingerprint density at radius 3 is 2.10 bits per heavy atom. The molecule has 112 valence electrons. The molecular weight excluding hydrogens is 284 g/mol. The van der Waals surface area contributed by atoms with Gasteiger partial charge in [-0.15, -0.1) is 0 Å². The van der Waals surface area contributed by atoms with Crippen molar-refractivity contribution in [3.05, 3.63) is 29.3 Å². The number of nitrogens with zero attached hydrogens (tertiary/aromatic N) is 1. The summed E-state index contributed by atoms with van der Waals surface area (Å²) in [5.41, 5.74) is -1.62. The van der Waals surface area contributed by atoms with Gasteiger partial charge in [-0.05, 0) is 11.5 Å². The molecule has 1 aliphatic heterocycles. The minimum atomic E-state index is -1.55. The molecule has 0 aromatic heterocycles. The van der Waals surface area contributed by atoms with Gasteiger partial charge in [0.1, 0.15) is 0 Å². The molecule has 2 rings (SSSR count). The smallest absolute Gasteiger partial charge is 0.337 e. The molecule has 0 unspecified atom stereocenters. The van der Waals surface area contributed by atoms with E-state index in [-0.39, 0.29) is 12.8 Å². The number of piperidine rings is 1. The Hall–Kier alpha value is -2.31. The third kappa shape index (κ3) is 2.76. The molecule has 0 bridgehead atoms. The molecule has 0 atom stereocenters. The van der Waals surface area contributed by atoms with Crippen LogP contribution in [0.4, 0.5) is 14.5 Å². The summed E-state index contributed by atoms with van der Waals surface area (Å²) in [7, 11) is 0. The van der Waals surface area contributed by atoms with Gasteiger partial charge >= 0.3 is 5.97 Å². The van der Waals surface area contributed by atoms with Crippen molar-refractivity contribution in [1.82, 2.24) is 0 Å². The van der Waals surface area contributed by atoms with Crippen molar-refractivity contribution in [3.63, 3.8) is 0 Å². The summed E-state index contributed by atoms with van der Waals surface area (Å²) in [6.07, 6.45) is 0.0214. The lowest BCUT2D eigenvalue weighted by Gasteiger charge is -2.35. The summed E-state index contributed by atoms with van der Waals surface area (Å²) in [5.74, 6) is -5.49. The van der Waals surface area contributed by atoms with E-state index in [1.54, 1.807) is 13.8 Å². The van der Waals surface area contributed by atoms with Crippen LogP contribution in [0.1, 0.15) is 37.0 Å². The molecule has 0 aliphatic carbocycles. The number of amides is 2. The minimum absolute atomic E-state index is 0.0107. The highest BCUT2D eigenvalue weighted by Crippen LogP contribution is 2.35. The number of benzene rings is 1. The Kier molecular flexibility index (Phi) is 3.52. The highest BCUT2D eigenvalue weighted by atomic mass is 19.2. The number of hydrogen-bond acceptors (Lipinski definition) is 3. The Morgan fingerprint density at radius 1 is 1.14 bits per heavy atom. The third-order valence-electron chi connectivity index (χ3n) is 3.27. The average Bonchev–Trinajstić information content (AvgIpc) is 2.30. The molecule has 1 aliphatic rings. The van der Waals surface area contributed by atoms with Crippen LogP contribution >= 0.6 is 0 Å². The number of hydrogen-bond donors (Lipinski definition) is 1. The van der Waals surface area contributed by atoms with E-state index < -0.39 is 46.1 Å². The zero-order chi connectivity index (χ0) is 15.9. The van der Waals surface area contributed by atoms with E-state index in [1.807, 2.05) is 0 Å². The number of aromatic carboxylic acids is 1. The van der Waals surface area contributed by atoms with Crippen molar-refractivity contribution < 1.29 is 28.3 Å². The quantitative estimate of drug-likeness (QED) is 0.850. The van der Waals surface area contributed by atoms with Gasteiger partial charge < -0.3 is 5.11 Å². The molecule has 1 fully saturated rings. The van der Waals surface area contributed by atoms with Crippen molar-refractivity contribution in [3.8, 4) is 0 Å². The zero-order valence-electron chi connectivity index (χ0n) is 11.4. The molecule has 0 spiro atoms. The molecule has 1 saturated heterocycles. The molecule has 21 heavy (non-hydrogen) atoms. The number of imide groups is 1. The number of carboxylic acid groups (broad SMARTS) is 1. The molecule has 5 nitrogen and oxygen atoms in total. The topological polar surface area (TPSA) is 74.7 Å². The number of carboxylic acids is 1. The van der Waals surface area contributed by atoms with Crippen LogP contribution in [-0.2, 0) is 9.59 Å². The Bertz CT molecular complexity index is 635. The number of halogens is 2. The van der Waals surface area contributed by atoms with Crippen molar-refractivity contribution in [1.29, 1.82) is 0 Å². The summed E-state index contributed by atoms with van der Waals surface area (Å²) in [4.78, 5) is 35.9. The van der Waals surface area contributed by atoms with Crippen LogP contribution in [0.15, 0.2) is 12.1 Å². The fourth-order valence-electron chi connectivity index (χ4n) is 2.34. The molecule has 1 aromatic carbocycles. The molecular formula is C14H13F2NO4. The lowest BCUT2D eigenvalue weighted by atomic mass is 9.81. The summed E-state index contributed by atoms with van der Waals surface area (Å²) in [6.45, 7) is 3.45. The van der Waals surface area contributed by atoms with Crippen LogP contribution in [0.25, 0.3) is 0 Å². The molecule has 0 radical (unpaired) electrons. The second kappa shape index (κ2) is 4.91. The molecule has 0 saturated carbocycles. The van der Waals surface area contributed by atoms with E-state index >= 15 is 0 Å². The van der Waals surface area contributed by atoms with E-state index in [4.69, 9.17) is 5.11 Å². The number of carbonyl (C=O) groups is 3. The van der Waals surface area contributed by atoms with Crippen LogP contribution in [0, 0.1) is 17.0 Å². The van der Waals surface area contributed by atoms with E-state index in [0.717, 1.165) is 0 Å². The Balaban J connectivity index is 2.56. The molecule has 2 amide bonds. The van der Waals surface area contributed by atoms with Crippen LogP contribution < -0.4 is 4.90 Å². The highest BCUT2D eigenvalue weighted by molar-refractivity contribution is 6.19. The molecule has 1 N–H and O–H groups in total. The van der Waals surface area contributed by atoms with Crippen molar-refractivity contribution >= 4 is 23.5 Å². The number of rotatable bonds is 2. The largest absolute Gasteiger partial charge is 0.478 e. The first-order valence-electron chi connectivity index (χ1n) is 6.20. The van der Waals surface area contributed by atoms with Gasteiger partial charge in [-0.3, -0.25) is 9.59 Å². The van der Waals surface area contributed by atoms with Crippen molar-refractivity contribution in [2.24, 2.45) is 5.41 Å². The van der Waals surface area contributed by atoms with Gasteiger partial charge in [-0.1, -0.05) is 13.8 Å². The summed E-state index contributed by atoms with van der Waals surface area (Å²) in [5, 5.41) is 9.05. The average molecular weight is 297 g/mol. The zero-order valence-corrected chi connectivity index (χ0v) is 11.4. The van der Waals surface area contributed by atoms with Gasteiger partial charge in [0.15, 0.2) is 11.6 Å². The Labute approximate surface area is 119 Å². The maximum absolute atomic E-state index is 13.4. The third-order valence-corrected chi connectivity index (χ3v) is 3.27. The van der Waals surface area contributed by atoms with Crippen LogP contribution in [-0.4, -0.2) is 22.9 Å². The van der Waals surface area contributed by atoms with Gasteiger partial charge in [0.05, 0.1) is 11.3 Å². The van der Waals surface area contributed by atoms with Gasteiger partial charge in [0.25, 0.3) is 0 Å². The normalized spacial score (nSPS) is 18.0. The molecule has 1 heterocycles. The summed E-state index contributed by atoms with van der Waals surface area (Å²) < 4.78 is 26.5. The maximum atomic E-state index is 13.4. The maximum Gasteiger partial charge on any atom is 0.337 e. The first-order valence-corrected chi connectivity index (χ1v) is 6.20. The van der Waals surface area contributed by atoms with Gasteiger partial charge in [-0.2, -0.15) is 0 Å². The first kappa shape index (κ1) is 15.1. The van der Waals surface area contributed by atoms with Crippen molar-refractivity contribution in [2.45, 2.75) is 26.7 Å². The Morgan fingerprint density at radius 2 is 1.62 bits per heavy atom. The van der Waals surface area contributed by atoms with E-state index in [1.165, 1.54) is 0 Å². The first-order chi connectivity index (χ1) is 9.62. The van der Waals surface area contributed by atoms with E-state index in [9.17, 15) is 23.2 Å². The highest BCUT2D eigenvalue weighted by Gasteiger charge is 2.39. The second-order valence-corrected chi connectivity index (χ2v) is 5.73. The fourth-order valence-corrected chi connectivity index (χ4v) is 2.34. The summed E-state index contributed by atoms with van der Waals surface area (Å²) in [6, 6.07) is 1.03. The second-order valence-electron chi connectivity index (χ2n) is 5.73. The van der Waals surface area contributed by atoms with Gasteiger partial charge in [0, 0.05) is 18.9 Å². The van der Waals surface area contributed by atoms with E-state index in [0.29, 0.717) is 17.0 Å². The SMILES string of the molecule is CC1(C)CC(=O)N(c2cc(F)c(F)cc2C(=O)O)C(=O)C1. The molecule has 1 aromatic rings. The molecule has 7 heteroatoms. The predicted octanol–water partition coefficient (Wildman–Crippen LogP) is 2.34. The standard InChI is InChI=1S/C14H13F2NO4/c1-14(2)5-11(18)17(12(19)6-14)10-4-9(16)8(15)3-7(10)13(20)21/h3-4H,5-6H2,1-2H3,(H,20,21). The monoisotopic (exact) mass is 297 g/mol. The van der Waals surface area contributed by atoms with Crippen molar-refractivity contribution in [2.75, 3.05) is 4.90 Å². The number of anilines is 1. The van der Waals surface area contributed by atoms with Crippen LogP contribution in [0.3, 0.4) is 0 Å². The summed E-state index contributed by atoms with van der Waals surface area (Å²) >= 11 is 0. The predicted molar refractivity (Wildman–Crippen MR) is 68.8 cm³/mol. The lowest BCUT2D eigenvalue weighted by molar-refractivity contribution is -0.132. The lowest BCUT2D eigenvalue weighted by Crippen LogP contribution is -2.47.